The molecule has 1 aromatic carbocycles. The lowest BCUT2D eigenvalue weighted by Crippen LogP contribution is -2.21. The van der Waals surface area contributed by atoms with Crippen molar-refractivity contribution in [1.82, 2.24) is 5.32 Å². The highest BCUT2D eigenvalue weighted by molar-refractivity contribution is 7.16. The van der Waals surface area contributed by atoms with Crippen molar-refractivity contribution in [3.8, 4) is 0 Å². The van der Waals surface area contributed by atoms with Gasteiger partial charge in [-0.3, -0.25) is 0 Å². The van der Waals surface area contributed by atoms with Crippen molar-refractivity contribution >= 4 is 22.9 Å². The van der Waals surface area contributed by atoms with Crippen LogP contribution in [0.2, 0.25) is 4.34 Å². The zero-order valence-electron chi connectivity index (χ0n) is 11.0. The Bertz CT molecular complexity index is 496. The fourth-order valence-electron chi connectivity index (χ4n) is 1.97. The van der Waals surface area contributed by atoms with Gasteiger partial charge in [0, 0.05) is 4.88 Å². The molecule has 0 saturated heterocycles. The van der Waals surface area contributed by atoms with Crippen molar-refractivity contribution < 1.29 is 0 Å². The smallest absolute Gasteiger partial charge is 0.0961 e. The average molecular weight is 280 g/mol. The van der Waals surface area contributed by atoms with Gasteiger partial charge in [-0.1, -0.05) is 48.4 Å². The summed E-state index contributed by atoms with van der Waals surface area (Å²) >= 11 is 7.84. The molecule has 0 fully saturated rings. The topological polar surface area (TPSA) is 12.0 Å². The van der Waals surface area contributed by atoms with Crippen molar-refractivity contribution in [3.63, 3.8) is 0 Å². The summed E-state index contributed by atoms with van der Waals surface area (Å²) in [6.45, 7) is 7.23. The summed E-state index contributed by atoms with van der Waals surface area (Å²) in [5, 5.41) is 3.53. The van der Waals surface area contributed by atoms with Crippen LogP contribution in [0.5, 0.6) is 0 Å². The fraction of sp³-hybridized carbons (Fsp3) is 0.333. The Morgan fingerprint density at radius 2 is 1.89 bits per heavy atom. The summed E-state index contributed by atoms with van der Waals surface area (Å²) in [4.78, 5) is 1.28. The number of halogens is 1. The van der Waals surface area contributed by atoms with Crippen LogP contribution in [0, 0.1) is 13.8 Å². The normalized spacial score (nSPS) is 12.7. The van der Waals surface area contributed by atoms with Crippen LogP contribution in [0.25, 0.3) is 0 Å². The number of rotatable bonds is 4. The second kappa shape index (κ2) is 5.87. The first-order chi connectivity index (χ1) is 8.61. The molecule has 96 valence electrons. The van der Waals surface area contributed by atoms with Gasteiger partial charge in [0.2, 0.25) is 0 Å². The Labute approximate surface area is 118 Å². The van der Waals surface area contributed by atoms with Crippen molar-refractivity contribution in [3.05, 3.63) is 56.2 Å². The molecular formula is C15H18ClNS. The second-order valence-electron chi connectivity index (χ2n) is 4.51. The van der Waals surface area contributed by atoms with Gasteiger partial charge in [0.25, 0.3) is 0 Å². The predicted molar refractivity (Wildman–Crippen MR) is 80.8 cm³/mol. The number of benzene rings is 1. The first-order valence-electron chi connectivity index (χ1n) is 6.17. The molecule has 0 aliphatic carbocycles. The van der Waals surface area contributed by atoms with E-state index in [9.17, 15) is 0 Å². The first kappa shape index (κ1) is 13.6. The molecule has 2 aromatic rings. The minimum Gasteiger partial charge on any atom is -0.306 e. The zero-order valence-corrected chi connectivity index (χ0v) is 12.5. The van der Waals surface area contributed by atoms with Gasteiger partial charge in [-0.2, -0.15) is 0 Å². The van der Waals surface area contributed by atoms with Crippen LogP contribution >= 0.6 is 22.9 Å². The van der Waals surface area contributed by atoms with E-state index in [1.54, 1.807) is 11.3 Å². The monoisotopic (exact) mass is 279 g/mol. The van der Waals surface area contributed by atoms with Gasteiger partial charge in [0.1, 0.15) is 0 Å². The van der Waals surface area contributed by atoms with Gasteiger partial charge in [0.05, 0.1) is 10.4 Å². The van der Waals surface area contributed by atoms with Gasteiger partial charge in [-0.25, -0.2) is 0 Å². The van der Waals surface area contributed by atoms with Gasteiger partial charge < -0.3 is 5.32 Å². The maximum Gasteiger partial charge on any atom is 0.0961 e. The molecule has 3 heteroatoms. The quantitative estimate of drug-likeness (QED) is 0.854. The Morgan fingerprint density at radius 3 is 2.39 bits per heavy atom. The molecule has 0 amide bonds. The molecule has 0 radical (unpaired) electrons. The second-order valence-corrected chi connectivity index (χ2v) is 6.19. The Balaban J connectivity index is 2.36. The molecule has 0 aliphatic heterocycles. The lowest BCUT2D eigenvalue weighted by Gasteiger charge is -2.17. The van der Waals surface area contributed by atoms with Crippen LogP contribution in [0.15, 0.2) is 30.3 Å². The van der Waals surface area contributed by atoms with E-state index in [4.69, 9.17) is 11.6 Å². The highest BCUT2D eigenvalue weighted by atomic mass is 35.5. The standard InChI is InChI=1S/C15H18ClNS/c1-4-17-14(12-7-5-10(2)6-8-12)13-9-11(3)15(16)18-13/h5-9,14,17H,4H2,1-3H3. The Kier molecular flexibility index (Phi) is 4.44. The summed E-state index contributed by atoms with van der Waals surface area (Å²) in [6, 6.07) is 11.1. The Hall–Kier alpha value is -0.830. The summed E-state index contributed by atoms with van der Waals surface area (Å²) in [6.07, 6.45) is 0. The number of nitrogens with one attached hydrogen (secondary N) is 1. The third kappa shape index (κ3) is 2.94. The van der Waals surface area contributed by atoms with E-state index in [0.717, 1.165) is 16.4 Å². The molecular weight excluding hydrogens is 262 g/mol. The largest absolute Gasteiger partial charge is 0.306 e. The highest BCUT2D eigenvalue weighted by Crippen LogP contribution is 2.34. The molecule has 1 N–H and O–H groups in total. The minimum absolute atomic E-state index is 0.242. The molecule has 0 saturated carbocycles. The number of aryl methyl sites for hydroxylation is 2. The van der Waals surface area contributed by atoms with E-state index in [-0.39, 0.29) is 6.04 Å². The maximum absolute atomic E-state index is 6.18. The van der Waals surface area contributed by atoms with E-state index in [1.807, 2.05) is 0 Å². The Morgan fingerprint density at radius 1 is 1.22 bits per heavy atom. The minimum atomic E-state index is 0.242. The molecule has 1 unspecified atom stereocenters. The molecule has 18 heavy (non-hydrogen) atoms. The fourth-order valence-corrected chi connectivity index (χ4v) is 3.29. The molecule has 1 atom stereocenters. The summed E-state index contributed by atoms with van der Waals surface area (Å²) in [7, 11) is 0. The first-order valence-corrected chi connectivity index (χ1v) is 7.37. The van der Waals surface area contributed by atoms with Crippen LogP contribution in [0.3, 0.4) is 0 Å². The van der Waals surface area contributed by atoms with Gasteiger partial charge in [-0.05, 0) is 37.6 Å². The molecule has 0 bridgehead atoms. The average Bonchev–Trinajstić information content (AvgIpc) is 2.68. The van der Waals surface area contributed by atoms with Gasteiger partial charge >= 0.3 is 0 Å². The predicted octanol–water partition coefficient (Wildman–Crippen LogP) is 4.72. The van der Waals surface area contributed by atoms with E-state index < -0.39 is 0 Å². The van der Waals surface area contributed by atoms with Crippen LogP contribution in [-0.4, -0.2) is 6.54 Å². The number of thiophene rings is 1. The lowest BCUT2D eigenvalue weighted by atomic mass is 10.0. The summed E-state index contributed by atoms with van der Waals surface area (Å²) in [5.41, 5.74) is 3.74. The SMILES string of the molecule is CCNC(c1ccc(C)cc1)c1cc(C)c(Cl)s1. The van der Waals surface area contributed by atoms with Gasteiger partial charge in [-0.15, -0.1) is 11.3 Å². The molecule has 1 nitrogen and oxygen atoms in total. The molecule has 0 aliphatic rings. The molecule has 1 aromatic heterocycles. The number of hydrogen-bond acceptors (Lipinski definition) is 2. The van der Waals surface area contributed by atoms with Crippen molar-refractivity contribution in [2.24, 2.45) is 0 Å². The molecule has 0 spiro atoms. The van der Waals surface area contributed by atoms with E-state index in [2.05, 4.69) is 56.4 Å². The van der Waals surface area contributed by atoms with Crippen molar-refractivity contribution in [1.29, 1.82) is 0 Å². The zero-order chi connectivity index (χ0) is 13.1. The lowest BCUT2D eigenvalue weighted by molar-refractivity contribution is 0.639. The highest BCUT2D eigenvalue weighted by Gasteiger charge is 2.16. The van der Waals surface area contributed by atoms with Crippen LogP contribution in [0.1, 0.15) is 34.5 Å². The van der Waals surface area contributed by atoms with E-state index in [1.165, 1.54) is 16.0 Å². The molecule has 2 rings (SSSR count). The number of hydrogen-bond donors (Lipinski definition) is 1. The van der Waals surface area contributed by atoms with E-state index >= 15 is 0 Å². The summed E-state index contributed by atoms with van der Waals surface area (Å²) < 4.78 is 0.889. The maximum atomic E-state index is 6.18. The van der Waals surface area contributed by atoms with Crippen molar-refractivity contribution in [2.75, 3.05) is 6.54 Å². The third-order valence-corrected chi connectivity index (χ3v) is 4.60. The third-order valence-electron chi connectivity index (χ3n) is 2.98. The van der Waals surface area contributed by atoms with Crippen LogP contribution in [-0.2, 0) is 0 Å². The van der Waals surface area contributed by atoms with Gasteiger partial charge in [0.15, 0.2) is 0 Å². The summed E-state index contributed by atoms with van der Waals surface area (Å²) in [5.74, 6) is 0. The van der Waals surface area contributed by atoms with Crippen LogP contribution in [0.4, 0.5) is 0 Å². The van der Waals surface area contributed by atoms with Crippen molar-refractivity contribution in [2.45, 2.75) is 26.8 Å². The van der Waals surface area contributed by atoms with E-state index in [0.29, 0.717) is 0 Å². The van der Waals surface area contributed by atoms with Crippen LogP contribution < -0.4 is 5.32 Å². The molecule has 1 heterocycles.